The molecule has 3 nitrogen and oxygen atoms in total. The monoisotopic (exact) mass is 381 g/mol. The van der Waals surface area contributed by atoms with E-state index >= 15 is 0 Å². The molecule has 0 amide bonds. The Kier molecular flexibility index (Phi) is 3.81. The second-order valence-electron chi connectivity index (χ2n) is 5.05. The molecule has 0 spiro atoms. The lowest BCUT2D eigenvalue weighted by Crippen LogP contribution is -1.94. The summed E-state index contributed by atoms with van der Waals surface area (Å²) in [4.78, 5) is 11.0. The Hall–Kier alpha value is -2.24. The fraction of sp³-hybridized carbons (Fsp3) is 0. The van der Waals surface area contributed by atoms with E-state index in [0.29, 0.717) is 0 Å². The van der Waals surface area contributed by atoms with Gasteiger partial charge >= 0.3 is 0 Å². The van der Waals surface area contributed by atoms with Gasteiger partial charge in [0.25, 0.3) is 0 Å². The van der Waals surface area contributed by atoms with E-state index in [9.17, 15) is 0 Å². The summed E-state index contributed by atoms with van der Waals surface area (Å²) in [5.41, 5.74) is 2.19. The van der Waals surface area contributed by atoms with Crippen LogP contribution >= 0.6 is 27.3 Å². The summed E-state index contributed by atoms with van der Waals surface area (Å²) in [6.45, 7) is 0. The van der Waals surface area contributed by atoms with E-state index in [1.807, 2.05) is 42.5 Å². The maximum Gasteiger partial charge on any atom is 0.142 e. The Morgan fingerprint density at radius 1 is 0.913 bits per heavy atom. The zero-order valence-corrected chi connectivity index (χ0v) is 14.4. The van der Waals surface area contributed by atoms with Crippen molar-refractivity contribution in [2.75, 3.05) is 5.32 Å². The molecule has 5 heteroatoms. The third-order valence-electron chi connectivity index (χ3n) is 3.48. The Labute approximate surface area is 146 Å². The third kappa shape index (κ3) is 2.98. The Morgan fingerprint density at radius 2 is 1.78 bits per heavy atom. The molecule has 2 heterocycles. The summed E-state index contributed by atoms with van der Waals surface area (Å²) < 4.78 is 1.03. The van der Waals surface area contributed by atoms with Gasteiger partial charge < -0.3 is 5.32 Å². The number of halogens is 1. The Bertz CT molecular complexity index is 966. The minimum atomic E-state index is 0.825. The number of hydrogen-bond acceptors (Lipinski definition) is 4. The number of nitrogens with one attached hydrogen (secondary N) is 1. The van der Waals surface area contributed by atoms with Crippen LogP contribution in [0.15, 0.2) is 71.5 Å². The molecule has 0 unspecified atom stereocenters. The lowest BCUT2D eigenvalue weighted by atomic mass is 10.2. The highest BCUT2D eigenvalue weighted by Crippen LogP contribution is 2.35. The maximum absolute atomic E-state index is 4.41. The highest BCUT2D eigenvalue weighted by molar-refractivity contribution is 9.10. The number of fused-ring (bicyclic) bond motifs is 1. The summed E-state index contributed by atoms with van der Waals surface area (Å²) in [6.07, 6.45) is 1.61. The molecule has 4 aromatic rings. The van der Waals surface area contributed by atoms with Crippen LogP contribution in [0.5, 0.6) is 0 Å². The van der Waals surface area contributed by atoms with E-state index in [1.54, 1.807) is 17.7 Å². The molecule has 0 aliphatic carbocycles. The number of thiophene rings is 1. The smallest absolute Gasteiger partial charge is 0.142 e. The largest absolute Gasteiger partial charge is 0.340 e. The average Bonchev–Trinajstić information content (AvgIpc) is 3.01. The van der Waals surface area contributed by atoms with Crippen LogP contribution in [-0.2, 0) is 0 Å². The summed E-state index contributed by atoms with van der Waals surface area (Å²) >= 11 is 5.17. The van der Waals surface area contributed by atoms with Crippen molar-refractivity contribution in [3.05, 3.63) is 71.5 Å². The van der Waals surface area contributed by atoms with Gasteiger partial charge in [-0.15, -0.1) is 11.3 Å². The molecule has 0 radical (unpaired) electrons. The van der Waals surface area contributed by atoms with Gasteiger partial charge in [-0.05, 0) is 29.8 Å². The molecule has 0 bridgehead atoms. The minimum absolute atomic E-state index is 0.825. The first-order chi connectivity index (χ1) is 11.3. The maximum atomic E-state index is 4.41. The van der Waals surface area contributed by atoms with E-state index in [1.165, 1.54) is 10.4 Å². The molecule has 112 valence electrons. The molecule has 0 saturated carbocycles. The first-order valence-corrected chi connectivity index (χ1v) is 8.73. The van der Waals surface area contributed by atoms with Crippen molar-refractivity contribution in [1.29, 1.82) is 0 Å². The van der Waals surface area contributed by atoms with Gasteiger partial charge in [-0.1, -0.05) is 52.3 Å². The van der Waals surface area contributed by atoms with Crippen LogP contribution in [0.1, 0.15) is 0 Å². The molecule has 4 rings (SSSR count). The fourth-order valence-corrected chi connectivity index (χ4v) is 3.81. The normalized spacial score (nSPS) is 10.8. The van der Waals surface area contributed by atoms with Crippen molar-refractivity contribution in [3.63, 3.8) is 0 Å². The molecule has 2 aromatic carbocycles. The number of anilines is 2. The molecular weight excluding hydrogens is 370 g/mol. The molecule has 0 aliphatic rings. The summed E-state index contributed by atoms with van der Waals surface area (Å²) in [5.74, 6) is 0.825. The van der Waals surface area contributed by atoms with Crippen LogP contribution in [0.3, 0.4) is 0 Å². The lowest BCUT2D eigenvalue weighted by Gasteiger charge is -2.06. The van der Waals surface area contributed by atoms with Gasteiger partial charge in [0.15, 0.2) is 0 Å². The topological polar surface area (TPSA) is 37.8 Å². The summed E-state index contributed by atoms with van der Waals surface area (Å²) in [6, 6.07) is 20.5. The van der Waals surface area contributed by atoms with Crippen LogP contribution < -0.4 is 5.32 Å². The molecule has 1 N–H and O–H groups in total. The molecule has 0 aliphatic heterocycles. The number of hydrogen-bond donors (Lipinski definition) is 1. The van der Waals surface area contributed by atoms with Crippen molar-refractivity contribution < 1.29 is 0 Å². The van der Waals surface area contributed by atoms with Gasteiger partial charge in [0, 0.05) is 15.0 Å². The third-order valence-corrected chi connectivity index (χ3v) is 5.06. The summed E-state index contributed by atoms with van der Waals surface area (Å²) in [7, 11) is 0. The van der Waals surface area contributed by atoms with Crippen LogP contribution in [0.2, 0.25) is 0 Å². The first kappa shape index (κ1) is 14.4. The van der Waals surface area contributed by atoms with Crippen molar-refractivity contribution in [3.8, 4) is 10.4 Å². The van der Waals surface area contributed by atoms with Crippen molar-refractivity contribution >= 4 is 49.0 Å². The van der Waals surface area contributed by atoms with Gasteiger partial charge in [0.2, 0.25) is 0 Å². The molecule has 0 fully saturated rings. The standard InChI is InChI=1S/C18H12BrN3S/c19-13-7-4-8-14(9-13)22-17-15-10-16(12-5-2-1-3-6-12)23-18(15)21-11-20-17/h1-11H,(H,20,21,22). The van der Waals surface area contributed by atoms with E-state index in [0.717, 1.165) is 26.2 Å². The van der Waals surface area contributed by atoms with Gasteiger partial charge in [0.1, 0.15) is 17.0 Å². The van der Waals surface area contributed by atoms with E-state index < -0.39 is 0 Å². The second kappa shape index (κ2) is 6.10. The molecule has 23 heavy (non-hydrogen) atoms. The van der Waals surface area contributed by atoms with Gasteiger partial charge in [-0.2, -0.15) is 0 Å². The summed E-state index contributed by atoms with van der Waals surface area (Å²) in [5, 5.41) is 4.42. The fourth-order valence-electron chi connectivity index (χ4n) is 2.40. The minimum Gasteiger partial charge on any atom is -0.340 e. The van der Waals surface area contributed by atoms with Gasteiger partial charge in [-0.3, -0.25) is 0 Å². The average molecular weight is 382 g/mol. The Balaban J connectivity index is 1.77. The lowest BCUT2D eigenvalue weighted by molar-refractivity contribution is 1.23. The predicted molar refractivity (Wildman–Crippen MR) is 100 cm³/mol. The molecule has 0 atom stereocenters. The van der Waals surface area contributed by atoms with Crippen LogP contribution in [0.25, 0.3) is 20.7 Å². The van der Waals surface area contributed by atoms with Crippen LogP contribution in [0, 0.1) is 0 Å². The van der Waals surface area contributed by atoms with Crippen molar-refractivity contribution in [2.24, 2.45) is 0 Å². The Morgan fingerprint density at radius 3 is 2.61 bits per heavy atom. The second-order valence-corrected chi connectivity index (χ2v) is 7.00. The molecule has 2 aromatic heterocycles. The number of nitrogens with zero attached hydrogens (tertiary/aromatic N) is 2. The highest BCUT2D eigenvalue weighted by Gasteiger charge is 2.10. The SMILES string of the molecule is Brc1cccc(Nc2ncnc3sc(-c4ccccc4)cc23)c1. The quantitative estimate of drug-likeness (QED) is 0.482. The molecule has 0 saturated heterocycles. The van der Waals surface area contributed by atoms with E-state index in [-0.39, 0.29) is 0 Å². The predicted octanol–water partition coefficient (Wildman–Crippen LogP) is 5.86. The van der Waals surface area contributed by atoms with Crippen molar-refractivity contribution in [2.45, 2.75) is 0 Å². The number of rotatable bonds is 3. The zero-order valence-electron chi connectivity index (χ0n) is 12.0. The van der Waals surface area contributed by atoms with Gasteiger partial charge in [0.05, 0.1) is 5.39 Å². The number of aromatic nitrogens is 2. The first-order valence-electron chi connectivity index (χ1n) is 7.12. The highest BCUT2D eigenvalue weighted by atomic mass is 79.9. The number of benzene rings is 2. The van der Waals surface area contributed by atoms with E-state index in [2.05, 4.69) is 49.4 Å². The molecular formula is C18H12BrN3S. The zero-order chi connectivity index (χ0) is 15.6. The van der Waals surface area contributed by atoms with Crippen molar-refractivity contribution in [1.82, 2.24) is 9.97 Å². The van der Waals surface area contributed by atoms with Crippen LogP contribution in [-0.4, -0.2) is 9.97 Å². The van der Waals surface area contributed by atoms with E-state index in [4.69, 9.17) is 0 Å². The van der Waals surface area contributed by atoms with Crippen LogP contribution in [0.4, 0.5) is 11.5 Å². The van der Waals surface area contributed by atoms with Gasteiger partial charge in [-0.25, -0.2) is 9.97 Å².